The summed E-state index contributed by atoms with van der Waals surface area (Å²) in [5.74, 6) is 1.07. The van der Waals surface area contributed by atoms with Gasteiger partial charge in [0.1, 0.15) is 0 Å². The molecule has 0 spiro atoms. The topological polar surface area (TPSA) is 40.5 Å². The van der Waals surface area contributed by atoms with Crippen LogP contribution in [0.3, 0.4) is 0 Å². The zero-order chi connectivity index (χ0) is 12.8. The van der Waals surface area contributed by atoms with E-state index in [9.17, 15) is 0 Å². The van der Waals surface area contributed by atoms with Gasteiger partial charge in [-0.1, -0.05) is 0 Å². The maximum absolute atomic E-state index is 4.70. The fraction of sp³-hybridized carbons (Fsp3) is 0.692. The van der Waals surface area contributed by atoms with Crippen molar-refractivity contribution in [2.45, 2.75) is 33.1 Å². The van der Waals surface area contributed by atoms with Crippen LogP contribution in [0.5, 0.6) is 0 Å². The zero-order valence-corrected chi connectivity index (χ0v) is 12.1. The van der Waals surface area contributed by atoms with E-state index in [1.54, 1.807) is 11.3 Å². The maximum Gasteiger partial charge on any atom is 0.193 e. The highest BCUT2D eigenvalue weighted by Gasteiger charge is 2.15. The molecule has 0 amide bonds. The summed E-state index contributed by atoms with van der Waals surface area (Å²) in [5, 5.41) is 6.65. The van der Waals surface area contributed by atoms with E-state index in [0.717, 1.165) is 43.6 Å². The number of aliphatic imine (C=N–C) groups is 1. The summed E-state index contributed by atoms with van der Waals surface area (Å²) in [6.45, 7) is 8.21. The fourth-order valence-electron chi connectivity index (χ4n) is 2.15. The Hall–Kier alpha value is -1.10. The first-order valence-corrected chi connectivity index (χ1v) is 7.62. The third-order valence-electron chi connectivity index (χ3n) is 3.04. The number of rotatable bonds is 4. The summed E-state index contributed by atoms with van der Waals surface area (Å²) >= 11 is 1.71. The Balaban J connectivity index is 1.87. The summed E-state index contributed by atoms with van der Waals surface area (Å²) in [7, 11) is 0. The van der Waals surface area contributed by atoms with Crippen molar-refractivity contribution in [1.29, 1.82) is 0 Å². The lowest BCUT2D eigenvalue weighted by Crippen LogP contribution is -2.39. The van der Waals surface area contributed by atoms with Crippen LogP contribution in [0.1, 0.15) is 30.5 Å². The third-order valence-corrected chi connectivity index (χ3v) is 3.86. The lowest BCUT2D eigenvalue weighted by Gasteiger charge is -2.20. The molecule has 0 aliphatic carbocycles. The molecule has 0 bridgehead atoms. The van der Waals surface area contributed by atoms with Gasteiger partial charge in [-0.3, -0.25) is 4.99 Å². The average molecular weight is 266 g/mol. The molecular formula is C13H22N4S. The van der Waals surface area contributed by atoms with Gasteiger partial charge < -0.3 is 10.2 Å². The van der Waals surface area contributed by atoms with E-state index in [1.807, 2.05) is 6.92 Å². The second-order valence-corrected chi connectivity index (χ2v) is 5.60. The van der Waals surface area contributed by atoms with Crippen molar-refractivity contribution < 1.29 is 0 Å². The third kappa shape index (κ3) is 3.70. The van der Waals surface area contributed by atoms with Crippen molar-refractivity contribution in [2.75, 3.05) is 26.2 Å². The van der Waals surface area contributed by atoms with Gasteiger partial charge >= 0.3 is 0 Å². The van der Waals surface area contributed by atoms with Crippen LogP contribution >= 0.6 is 11.3 Å². The number of guanidine groups is 1. The van der Waals surface area contributed by atoms with E-state index in [0.29, 0.717) is 0 Å². The van der Waals surface area contributed by atoms with E-state index in [2.05, 4.69) is 27.5 Å². The Morgan fingerprint density at radius 2 is 2.28 bits per heavy atom. The number of aromatic nitrogens is 1. The smallest absolute Gasteiger partial charge is 0.193 e. The van der Waals surface area contributed by atoms with Crippen LogP contribution in [0.15, 0.2) is 10.4 Å². The Labute approximate surface area is 113 Å². The van der Waals surface area contributed by atoms with E-state index in [1.165, 1.54) is 18.5 Å². The minimum absolute atomic E-state index is 0.821. The molecule has 100 valence electrons. The molecule has 18 heavy (non-hydrogen) atoms. The van der Waals surface area contributed by atoms with Crippen LogP contribution in [0.2, 0.25) is 0 Å². The van der Waals surface area contributed by atoms with Crippen LogP contribution in [0.4, 0.5) is 0 Å². The van der Waals surface area contributed by atoms with Gasteiger partial charge in [0.2, 0.25) is 0 Å². The van der Waals surface area contributed by atoms with Crippen molar-refractivity contribution in [3.05, 3.63) is 16.1 Å². The van der Waals surface area contributed by atoms with Crippen LogP contribution in [-0.2, 0) is 6.42 Å². The second kappa shape index (κ2) is 6.73. The number of thiazole rings is 1. The van der Waals surface area contributed by atoms with Crippen LogP contribution in [-0.4, -0.2) is 42.0 Å². The molecular weight excluding hydrogens is 244 g/mol. The maximum atomic E-state index is 4.70. The monoisotopic (exact) mass is 266 g/mol. The van der Waals surface area contributed by atoms with Gasteiger partial charge in [-0.05, 0) is 26.7 Å². The Morgan fingerprint density at radius 1 is 1.50 bits per heavy atom. The molecule has 1 aliphatic rings. The second-order valence-electron chi connectivity index (χ2n) is 4.54. The summed E-state index contributed by atoms with van der Waals surface area (Å²) < 4.78 is 0. The van der Waals surface area contributed by atoms with Crippen molar-refractivity contribution in [2.24, 2.45) is 4.99 Å². The number of likely N-dealkylation sites (tertiary alicyclic amines) is 1. The molecule has 1 saturated heterocycles. The highest BCUT2D eigenvalue weighted by molar-refractivity contribution is 7.09. The predicted molar refractivity (Wildman–Crippen MR) is 77.3 cm³/mol. The highest BCUT2D eigenvalue weighted by Crippen LogP contribution is 2.09. The van der Waals surface area contributed by atoms with E-state index < -0.39 is 0 Å². The molecule has 0 saturated carbocycles. The van der Waals surface area contributed by atoms with Crippen molar-refractivity contribution in [3.63, 3.8) is 0 Å². The summed E-state index contributed by atoms with van der Waals surface area (Å²) in [6, 6.07) is 0. The van der Waals surface area contributed by atoms with Gasteiger partial charge in [-0.25, -0.2) is 4.98 Å². The van der Waals surface area contributed by atoms with Gasteiger partial charge in [0.25, 0.3) is 0 Å². The fourth-order valence-corrected chi connectivity index (χ4v) is 2.80. The molecule has 2 heterocycles. The van der Waals surface area contributed by atoms with Crippen LogP contribution in [0.25, 0.3) is 0 Å². The first kappa shape index (κ1) is 13.3. The van der Waals surface area contributed by atoms with Crippen LogP contribution < -0.4 is 5.32 Å². The largest absolute Gasteiger partial charge is 0.357 e. The molecule has 1 N–H and O–H groups in total. The van der Waals surface area contributed by atoms with E-state index in [4.69, 9.17) is 4.99 Å². The minimum Gasteiger partial charge on any atom is -0.357 e. The van der Waals surface area contributed by atoms with Crippen molar-refractivity contribution in [3.8, 4) is 0 Å². The molecule has 0 aromatic carbocycles. The zero-order valence-electron chi connectivity index (χ0n) is 11.3. The molecule has 0 unspecified atom stereocenters. The molecule has 4 nitrogen and oxygen atoms in total. The van der Waals surface area contributed by atoms with Gasteiger partial charge in [-0.15, -0.1) is 11.3 Å². The average Bonchev–Trinajstić information content (AvgIpc) is 2.99. The number of hydrogen-bond donors (Lipinski definition) is 1. The predicted octanol–water partition coefficient (Wildman–Crippen LogP) is 2.06. The standard InChI is InChI=1S/C13H22N4S/c1-3-14-13(17-8-4-5-9-17)15-7-6-12-10-18-11(2)16-12/h10H,3-9H2,1-2H3,(H,14,15). The molecule has 1 aromatic heterocycles. The number of nitrogens with one attached hydrogen (secondary N) is 1. The first-order valence-electron chi connectivity index (χ1n) is 6.74. The molecule has 2 rings (SSSR count). The molecule has 1 aliphatic heterocycles. The van der Waals surface area contributed by atoms with Gasteiger partial charge in [0.05, 0.1) is 10.7 Å². The Kier molecular flexibility index (Phi) is 4.99. The number of nitrogens with zero attached hydrogens (tertiary/aromatic N) is 3. The van der Waals surface area contributed by atoms with Gasteiger partial charge in [0.15, 0.2) is 5.96 Å². The Morgan fingerprint density at radius 3 is 2.89 bits per heavy atom. The number of hydrogen-bond acceptors (Lipinski definition) is 3. The van der Waals surface area contributed by atoms with Crippen molar-refractivity contribution >= 4 is 17.3 Å². The minimum atomic E-state index is 0.821. The molecule has 1 fully saturated rings. The summed E-state index contributed by atoms with van der Waals surface area (Å²) in [4.78, 5) is 11.5. The van der Waals surface area contributed by atoms with E-state index in [-0.39, 0.29) is 0 Å². The lowest BCUT2D eigenvalue weighted by atomic mass is 10.3. The van der Waals surface area contributed by atoms with E-state index >= 15 is 0 Å². The summed E-state index contributed by atoms with van der Waals surface area (Å²) in [6.07, 6.45) is 3.51. The molecule has 0 radical (unpaired) electrons. The van der Waals surface area contributed by atoms with Gasteiger partial charge in [0, 0.05) is 38.0 Å². The number of aryl methyl sites for hydroxylation is 1. The Bertz CT molecular complexity index is 393. The normalized spacial score (nSPS) is 16.3. The van der Waals surface area contributed by atoms with Crippen LogP contribution in [0, 0.1) is 6.92 Å². The lowest BCUT2D eigenvalue weighted by molar-refractivity contribution is 0.494. The quantitative estimate of drug-likeness (QED) is 0.670. The summed E-state index contributed by atoms with van der Waals surface area (Å²) in [5.41, 5.74) is 1.17. The van der Waals surface area contributed by atoms with Gasteiger partial charge in [-0.2, -0.15) is 0 Å². The molecule has 1 aromatic rings. The molecule has 5 heteroatoms. The SMILES string of the molecule is CCNC(=NCCc1csc(C)n1)N1CCCC1. The molecule has 0 atom stereocenters. The highest BCUT2D eigenvalue weighted by atomic mass is 32.1. The first-order chi connectivity index (χ1) is 8.79. The van der Waals surface area contributed by atoms with Crippen molar-refractivity contribution in [1.82, 2.24) is 15.2 Å².